The Morgan fingerprint density at radius 3 is 2.69 bits per heavy atom. The van der Waals surface area contributed by atoms with Crippen LogP contribution in [-0.4, -0.2) is 90.5 Å². The topological polar surface area (TPSA) is 104 Å². The van der Waals surface area contributed by atoms with Gasteiger partial charge in [0.15, 0.2) is 5.96 Å². The maximum atomic E-state index is 11.9. The minimum Gasteiger partial charge on any atom is -0.450 e. The van der Waals surface area contributed by atoms with Gasteiger partial charge in [0.05, 0.1) is 6.61 Å². The molecule has 162 valence electrons. The second-order valence-electron chi connectivity index (χ2n) is 7.11. The molecule has 10 heteroatoms. The molecule has 1 aliphatic rings. The molecule has 2 rings (SSSR count). The van der Waals surface area contributed by atoms with Gasteiger partial charge < -0.3 is 25.2 Å². The summed E-state index contributed by atoms with van der Waals surface area (Å²) in [6, 6.07) is 2.09. The first-order valence-electron chi connectivity index (χ1n) is 10.1. The number of aryl methyl sites for hydroxylation is 1. The molecule has 0 spiro atoms. The summed E-state index contributed by atoms with van der Waals surface area (Å²) in [5, 5.41) is 10.9. The van der Waals surface area contributed by atoms with Crippen molar-refractivity contribution in [2.24, 2.45) is 4.99 Å². The van der Waals surface area contributed by atoms with Gasteiger partial charge in [0.1, 0.15) is 6.54 Å². The number of hydrogen-bond donors (Lipinski definition) is 2. The van der Waals surface area contributed by atoms with E-state index in [9.17, 15) is 9.59 Å². The van der Waals surface area contributed by atoms with Crippen molar-refractivity contribution in [1.82, 2.24) is 30.2 Å². The van der Waals surface area contributed by atoms with Crippen LogP contribution in [-0.2, 0) is 16.1 Å². The normalized spacial score (nSPS) is 15.1. The van der Waals surface area contributed by atoms with Crippen LogP contribution in [0.4, 0.5) is 4.79 Å². The van der Waals surface area contributed by atoms with Gasteiger partial charge in [-0.2, -0.15) is 5.10 Å². The highest BCUT2D eigenvalue weighted by atomic mass is 16.6. The lowest BCUT2D eigenvalue weighted by Gasteiger charge is -2.32. The minimum atomic E-state index is -0.256. The molecule has 2 heterocycles. The fourth-order valence-electron chi connectivity index (χ4n) is 2.94. The van der Waals surface area contributed by atoms with E-state index in [2.05, 4.69) is 20.7 Å². The third-order valence-electron chi connectivity index (χ3n) is 4.65. The molecule has 0 unspecified atom stereocenters. The highest BCUT2D eigenvalue weighted by Crippen LogP contribution is 2.11. The molecule has 0 atom stereocenters. The van der Waals surface area contributed by atoms with Crippen molar-refractivity contribution in [2.75, 3.05) is 46.9 Å². The van der Waals surface area contributed by atoms with Gasteiger partial charge >= 0.3 is 6.09 Å². The molecule has 1 saturated heterocycles. The number of rotatable bonds is 8. The van der Waals surface area contributed by atoms with Gasteiger partial charge in [-0.25, -0.2) is 9.79 Å². The van der Waals surface area contributed by atoms with Gasteiger partial charge in [-0.05, 0) is 32.3 Å². The van der Waals surface area contributed by atoms with Gasteiger partial charge in [-0.1, -0.05) is 0 Å². The highest BCUT2D eigenvalue weighted by Gasteiger charge is 2.24. The van der Waals surface area contributed by atoms with Crippen molar-refractivity contribution >= 4 is 18.0 Å². The fraction of sp³-hybridized carbons (Fsp3) is 0.684. The van der Waals surface area contributed by atoms with E-state index in [1.807, 2.05) is 23.9 Å². The van der Waals surface area contributed by atoms with Crippen LogP contribution in [0.3, 0.4) is 0 Å². The van der Waals surface area contributed by atoms with Crippen LogP contribution in [0.15, 0.2) is 23.5 Å². The quantitative estimate of drug-likeness (QED) is 0.370. The maximum absolute atomic E-state index is 11.9. The van der Waals surface area contributed by atoms with E-state index in [1.165, 1.54) is 4.90 Å². The van der Waals surface area contributed by atoms with Crippen LogP contribution in [0.5, 0.6) is 0 Å². The Bertz CT molecular complexity index is 653. The lowest BCUT2D eigenvalue weighted by atomic mass is 10.1. The van der Waals surface area contributed by atoms with Crippen molar-refractivity contribution in [3.05, 3.63) is 18.5 Å². The first-order valence-corrected chi connectivity index (χ1v) is 10.1. The van der Waals surface area contributed by atoms with Crippen molar-refractivity contribution < 1.29 is 14.3 Å². The fourth-order valence-corrected chi connectivity index (χ4v) is 2.94. The van der Waals surface area contributed by atoms with Crippen LogP contribution >= 0.6 is 0 Å². The van der Waals surface area contributed by atoms with E-state index >= 15 is 0 Å². The Morgan fingerprint density at radius 1 is 1.31 bits per heavy atom. The van der Waals surface area contributed by atoms with E-state index in [1.54, 1.807) is 25.2 Å². The molecule has 2 amide bonds. The van der Waals surface area contributed by atoms with E-state index in [0.717, 1.165) is 25.8 Å². The molecule has 2 N–H and O–H groups in total. The summed E-state index contributed by atoms with van der Waals surface area (Å²) in [4.78, 5) is 31.4. The Morgan fingerprint density at radius 2 is 2.07 bits per heavy atom. The second-order valence-corrected chi connectivity index (χ2v) is 7.11. The zero-order chi connectivity index (χ0) is 21.1. The number of aliphatic imine (C=N–C) groups is 1. The largest absolute Gasteiger partial charge is 0.450 e. The zero-order valence-electron chi connectivity index (χ0n) is 17.6. The maximum Gasteiger partial charge on any atom is 0.409 e. The van der Waals surface area contributed by atoms with E-state index in [4.69, 9.17) is 4.74 Å². The van der Waals surface area contributed by atoms with Gasteiger partial charge in [0.2, 0.25) is 5.91 Å². The molecule has 0 saturated carbocycles. The summed E-state index contributed by atoms with van der Waals surface area (Å²) in [5.74, 6) is 0.565. The SMILES string of the molecule is CCOC(=O)N1CCC(NC(=NCC(=O)N(C)C)NCCCn2cccn2)CC1. The molecule has 0 aromatic carbocycles. The van der Waals surface area contributed by atoms with Crippen LogP contribution < -0.4 is 10.6 Å². The van der Waals surface area contributed by atoms with Crippen molar-refractivity contribution in [1.29, 1.82) is 0 Å². The zero-order valence-corrected chi connectivity index (χ0v) is 17.6. The molecule has 0 radical (unpaired) electrons. The summed E-state index contributed by atoms with van der Waals surface area (Å²) in [6.45, 7) is 5.08. The number of piperidine rings is 1. The molecule has 1 aromatic heterocycles. The second kappa shape index (κ2) is 11.9. The number of hydrogen-bond acceptors (Lipinski definition) is 5. The molecular weight excluding hydrogens is 374 g/mol. The van der Waals surface area contributed by atoms with Crippen molar-refractivity contribution in [3.8, 4) is 0 Å². The summed E-state index contributed by atoms with van der Waals surface area (Å²) in [5.41, 5.74) is 0. The molecule has 1 aliphatic heterocycles. The number of ether oxygens (including phenoxy) is 1. The average Bonchev–Trinajstić information content (AvgIpc) is 3.23. The number of guanidine groups is 1. The standard InChI is InChI=1S/C19H33N7O3/c1-4-29-19(28)25-13-7-16(8-14-25)23-18(21-15-17(27)24(2)3)20-9-5-11-26-12-6-10-22-26/h6,10,12,16H,4-5,7-9,11,13-15H2,1-3H3,(H2,20,21,23). The predicted octanol–water partition coefficient (Wildman–Crippen LogP) is 0.518. The van der Waals surface area contributed by atoms with Crippen LogP contribution in [0, 0.1) is 0 Å². The number of likely N-dealkylation sites (N-methyl/N-ethyl adjacent to an activating group) is 1. The van der Waals surface area contributed by atoms with Crippen LogP contribution in [0.25, 0.3) is 0 Å². The first kappa shape index (κ1) is 22.5. The highest BCUT2D eigenvalue weighted by molar-refractivity contribution is 5.85. The third-order valence-corrected chi connectivity index (χ3v) is 4.65. The number of likely N-dealkylation sites (tertiary alicyclic amines) is 1. The van der Waals surface area contributed by atoms with Gasteiger partial charge in [-0.3, -0.25) is 9.48 Å². The summed E-state index contributed by atoms with van der Waals surface area (Å²) >= 11 is 0. The Kier molecular flexibility index (Phi) is 9.26. The van der Waals surface area contributed by atoms with Crippen LogP contribution in [0.2, 0.25) is 0 Å². The van der Waals surface area contributed by atoms with E-state index < -0.39 is 0 Å². The number of nitrogens with zero attached hydrogens (tertiary/aromatic N) is 5. The Labute approximate surface area is 172 Å². The molecular formula is C19H33N7O3. The average molecular weight is 408 g/mol. The summed E-state index contributed by atoms with van der Waals surface area (Å²) in [7, 11) is 3.43. The summed E-state index contributed by atoms with van der Waals surface area (Å²) < 4.78 is 6.94. The monoisotopic (exact) mass is 407 g/mol. The number of carbonyl (C=O) groups excluding carboxylic acids is 2. The number of carbonyl (C=O) groups is 2. The number of amides is 2. The Balaban J connectivity index is 1.83. The van der Waals surface area contributed by atoms with Crippen molar-refractivity contribution in [3.63, 3.8) is 0 Å². The summed E-state index contributed by atoms with van der Waals surface area (Å²) in [6.07, 6.45) is 5.92. The van der Waals surface area contributed by atoms with Gasteiger partial charge in [-0.15, -0.1) is 0 Å². The number of aromatic nitrogens is 2. The molecule has 1 aromatic rings. The predicted molar refractivity (Wildman–Crippen MR) is 111 cm³/mol. The molecule has 10 nitrogen and oxygen atoms in total. The smallest absolute Gasteiger partial charge is 0.409 e. The lowest BCUT2D eigenvalue weighted by Crippen LogP contribution is -2.50. The molecule has 29 heavy (non-hydrogen) atoms. The Hall–Kier alpha value is -2.78. The van der Waals surface area contributed by atoms with Gasteiger partial charge in [0.25, 0.3) is 0 Å². The molecule has 0 aliphatic carbocycles. The van der Waals surface area contributed by atoms with Crippen LogP contribution in [0.1, 0.15) is 26.2 Å². The van der Waals surface area contributed by atoms with E-state index in [0.29, 0.717) is 32.2 Å². The first-order chi connectivity index (χ1) is 14.0. The van der Waals surface area contributed by atoms with E-state index in [-0.39, 0.29) is 24.6 Å². The molecule has 0 bridgehead atoms. The van der Waals surface area contributed by atoms with Gasteiger partial charge in [0, 0.05) is 58.7 Å². The molecule has 1 fully saturated rings. The lowest BCUT2D eigenvalue weighted by molar-refractivity contribution is -0.127. The minimum absolute atomic E-state index is 0.0558. The number of nitrogens with one attached hydrogen (secondary N) is 2. The third kappa shape index (κ3) is 8.00. The van der Waals surface area contributed by atoms with Crippen molar-refractivity contribution in [2.45, 2.75) is 38.8 Å².